The van der Waals surface area contributed by atoms with Crippen molar-refractivity contribution in [1.82, 2.24) is 20.0 Å². The number of carbonyl (C=O) groups excluding carboxylic acids is 1. The fraction of sp³-hybridized carbons (Fsp3) is 0.462. The van der Waals surface area contributed by atoms with Crippen molar-refractivity contribution in [2.24, 2.45) is 10.9 Å². The van der Waals surface area contributed by atoms with E-state index in [2.05, 4.69) is 36.7 Å². The number of aliphatic imine (C=N–C) groups is 1. The van der Waals surface area contributed by atoms with Gasteiger partial charge >= 0.3 is 0 Å². The van der Waals surface area contributed by atoms with Gasteiger partial charge < -0.3 is 20.4 Å². The van der Waals surface area contributed by atoms with Gasteiger partial charge in [-0.25, -0.2) is 10.1 Å². The summed E-state index contributed by atoms with van der Waals surface area (Å²) in [4.78, 5) is 35.7. The molecule has 1 amide bonds. The van der Waals surface area contributed by atoms with Crippen LogP contribution >= 0.6 is 0 Å². The predicted molar refractivity (Wildman–Crippen MR) is 142 cm³/mol. The average Bonchev–Trinajstić information content (AvgIpc) is 2.94. The lowest BCUT2D eigenvalue weighted by Crippen LogP contribution is -2.48. The molecule has 1 aromatic heterocycles. The number of amidine groups is 1. The van der Waals surface area contributed by atoms with E-state index in [-0.39, 0.29) is 24.2 Å². The van der Waals surface area contributed by atoms with Crippen molar-refractivity contribution in [3.05, 3.63) is 46.4 Å². The van der Waals surface area contributed by atoms with Crippen LogP contribution < -0.4 is 21.1 Å². The molecule has 3 aliphatic rings. The lowest BCUT2D eigenvalue weighted by Gasteiger charge is -2.37. The number of nitrogens with zero attached hydrogens (tertiary/aromatic N) is 7. The number of amides is 1. The summed E-state index contributed by atoms with van der Waals surface area (Å²) in [5.74, 6) is 0.770. The maximum absolute atomic E-state index is 12.7. The first kappa shape index (κ1) is 25.2. The zero-order chi connectivity index (χ0) is 26.5. The quantitative estimate of drug-likeness (QED) is 0.538. The number of likely N-dealkylation sites (tertiary alicyclic amines) is 1. The highest BCUT2D eigenvalue weighted by molar-refractivity contribution is 6.12. The summed E-state index contributed by atoms with van der Waals surface area (Å²) in [5.41, 5.74) is 2.54. The predicted octanol–water partition coefficient (Wildman–Crippen LogP) is 1.53. The number of hydrogen-bond donors (Lipinski definition) is 3. The maximum Gasteiger partial charge on any atom is 0.277 e. The van der Waals surface area contributed by atoms with Crippen LogP contribution in [0.5, 0.6) is 0 Å². The Kier molecular flexibility index (Phi) is 7.52. The van der Waals surface area contributed by atoms with Gasteiger partial charge in [0.15, 0.2) is 6.29 Å². The van der Waals surface area contributed by atoms with Crippen LogP contribution in [-0.2, 0) is 4.79 Å². The molecule has 12 heteroatoms. The number of H-pyrrole nitrogens is 1. The van der Waals surface area contributed by atoms with Gasteiger partial charge in [0.05, 0.1) is 24.0 Å². The molecule has 0 bridgehead atoms. The van der Waals surface area contributed by atoms with Gasteiger partial charge in [0.25, 0.3) is 5.56 Å². The van der Waals surface area contributed by atoms with E-state index in [1.807, 2.05) is 30.3 Å². The van der Waals surface area contributed by atoms with E-state index in [1.165, 1.54) is 0 Å². The van der Waals surface area contributed by atoms with E-state index in [9.17, 15) is 9.59 Å². The molecular weight excluding hydrogens is 484 g/mol. The second-order valence-corrected chi connectivity index (χ2v) is 9.70. The number of nitrogens with one attached hydrogen (secondary N) is 3. The number of piperidine rings is 1. The number of aromatic amines is 1. The fourth-order valence-electron chi connectivity index (χ4n) is 5.19. The Morgan fingerprint density at radius 3 is 2.47 bits per heavy atom. The normalized spacial score (nSPS) is 19.9. The van der Waals surface area contributed by atoms with Crippen LogP contribution in [-0.4, -0.2) is 77.3 Å². The highest BCUT2D eigenvalue weighted by atomic mass is 16.2. The molecule has 4 heterocycles. The topological polar surface area (TPSA) is 157 Å². The molecule has 2 aromatic rings. The van der Waals surface area contributed by atoms with Gasteiger partial charge in [0.2, 0.25) is 5.91 Å². The molecule has 2 fully saturated rings. The van der Waals surface area contributed by atoms with Crippen LogP contribution in [0, 0.1) is 28.6 Å². The number of aromatic nitrogens is 2. The number of nitriles is 2. The zero-order valence-corrected chi connectivity index (χ0v) is 21.1. The molecule has 3 aliphatic heterocycles. The lowest BCUT2D eigenvalue weighted by molar-refractivity contribution is -0.130. The molecule has 1 unspecified atom stereocenters. The number of anilines is 3. The number of benzene rings is 1. The first-order chi connectivity index (χ1) is 18.6. The van der Waals surface area contributed by atoms with Gasteiger partial charge in [0.1, 0.15) is 17.8 Å². The maximum atomic E-state index is 12.7. The summed E-state index contributed by atoms with van der Waals surface area (Å²) in [6.07, 6.45) is 3.64. The molecule has 0 radical (unpaired) electrons. The number of rotatable bonds is 5. The van der Waals surface area contributed by atoms with Crippen molar-refractivity contribution in [1.29, 1.82) is 10.5 Å². The van der Waals surface area contributed by atoms with Crippen LogP contribution in [0.25, 0.3) is 0 Å². The van der Waals surface area contributed by atoms with Gasteiger partial charge in [-0.2, -0.15) is 15.6 Å². The smallest absolute Gasteiger partial charge is 0.277 e. The van der Waals surface area contributed by atoms with E-state index in [0.29, 0.717) is 55.6 Å². The van der Waals surface area contributed by atoms with E-state index >= 15 is 0 Å². The van der Waals surface area contributed by atoms with Crippen LogP contribution in [0.3, 0.4) is 0 Å². The van der Waals surface area contributed by atoms with E-state index in [4.69, 9.17) is 15.5 Å². The Morgan fingerprint density at radius 1 is 1.05 bits per heavy atom. The third-order valence-electron chi connectivity index (χ3n) is 7.36. The van der Waals surface area contributed by atoms with E-state index in [0.717, 1.165) is 37.3 Å². The summed E-state index contributed by atoms with van der Waals surface area (Å²) in [7, 11) is 0. The Labute approximate surface area is 220 Å². The van der Waals surface area contributed by atoms with Gasteiger partial charge in [-0.3, -0.25) is 14.5 Å². The lowest BCUT2D eigenvalue weighted by atomic mass is 9.94. The SMILES string of the molecule is N#CCC(=O)N1CCN(c2ccc(NC3=NC(N4CCC(CC#N)CC4)Nc4cn[nH]c(=O)c43)cc2)CC1. The van der Waals surface area contributed by atoms with Crippen LogP contribution in [0.1, 0.15) is 31.2 Å². The van der Waals surface area contributed by atoms with Crippen molar-refractivity contribution in [3.8, 4) is 12.1 Å². The van der Waals surface area contributed by atoms with Gasteiger partial charge in [0, 0.05) is 57.1 Å². The van der Waals surface area contributed by atoms with Crippen molar-refractivity contribution in [2.45, 2.75) is 32.0 Å². The van der Waals surface area contributed by atoms with Crippen molar-refractivity contribution in [2.75, 3.05) is 54.8 Å². The highest BCUT2D eigenvalue weighted by Crippen LogP contribution is 2.27. The first-order valence-electron chi connectivity index (χ1n) is 12.9. The van der Waals surface area contributed by atoms with E-state index < -0.39 is 0 Å². The minimum Gasteiger partial charge on any atom is -0.368 e. The Balaban J connectivity index is 1.28. The van der Waals surface area contributed by atoms with Crippen LogP contribution in [0.4, 0.5) is 17.1 Å². The average molecular weight is 515 g/mol. The number of hydrogen-bond acceptors (Lipinski definition) is 10. The second-order valence-electron chi connectivity index (χ2n) is 9.70. The van der Waals surface area contributed by atoms with Crippen molar-refractivity contribution in [3.63, 3.8) is 0 Å². The molecule has 0 saturated carbocycles. The highest BCUT2D eigenvalue weighted by Gasteiger charge is 2.30. The first-order valence-corrected chi connectivity index (χ1v) is 12.9. The molecule has 38 heavy (non-hydrogen) atoms. The van der Waals surface area contributed by atoms with Crippen LogP contribution in [0.15, 0.2) is 40.2 Å². The molecule has 196 valence electrons. The molecular formula is C26H30N10O2. The second kappa shape index (κ2) is 11.3. The molecule has 0 aliphatic carbocycles. The standard InChI is InChI=1S/C26H30N10O2/c27-9-5-18-7-11-36(12-8-18)26-31-21-17-29-33-25(38)23(21)24(32-26)30-19-1-3-20(4-2-19)34-13-15-35(16-14-34)22(37)6-10-28/h1-4,17-18,26,31H,5-8,11-16H2,(H,30,32)(H,33,38). The zero-order valence-electron chi connectivity index (χ0n) is 21.1. The number of carbonyl (C=O) groups is 1. The molecule has 2 saturated heterocycles. The summed E-state index contributed by atoms with van der Waals surface area (Å²) in [5, 5.41) is 30.9. The molecule has 5 rings (SSSR count). The molecule has 3 N–H and O–H groups in total. The van der Waals surface area contributed by atoms with Crippen molar-refractivity contribution < 1.29 is 4.79 Å². The minimum atomic E-state index is -0.337. The largest absolute Gasteiger partial charge is 0.368 e. The summed E-state index contributed by atoms with van der Waals surface area (Å²) in [6.45, 7) is 4.21. The molecule has 0 spiro atoms. The number of fused-ring (bicyclic) bond motifs is 1. The Morgan fingerprint density at radius 2 is 1.79 bits per heavy atom. The van der Waals surface area contributed by atoms with E-state index in [1.54, 1.807) is 11.1 Å². The van der Waals surface area contributed by atoms with Gasteiger partial charge in [-0.1, -0.05) is 0 Å². The van der Waals surface area contributed by atoms with Gasteiger partial charge in [-0.15, -0.1) is 0 Å². The van der Waals surface area contributed by atoms with Crippen LogP contribution in [0.2, 0.25) is 0 Å². The Hall–Kier alpha value is -4.42. The number of piperazine rings is 1. The fourth-order valence-corrected chi connectivity index (χ4v) is 5.19. The van der Waals surface area contributed by atoms with Gasteiger partial charge in [-0.05, 0) is 43.0 Å². The summed E-state index contributed by atoms with van der Waals surface area (Å²) in [6, 6.07) is 12.1. The summed E-state index contributed by atoms with van der Waals surface area (Å²) >= 11 is 0. The Bertz CT molecular complexity index is 1320. The molecule has 12 nitrogen and oxygen atoms in total. The third-order valence-corrected chi connectivity index (χ3v) is 7.36. The molecule has 1 atom stereocenters. The summed E-state index contributed by atoms with van der Waals surface area (Å²) < 4.78 is 0. The van der Waals surface area contributed by atoms with Crippen molar-refractivity contribution >= 4 is 28.8 Å². The third kappa shape index (κ3) is 5.45. The minimum absolute atomic E-state index is 0.0812. The monoisotopic (exact) mass is 514 g/mol. The molecule has 1 aromatic carbocycles.